The summed E-state index contributed by atoms with van der Waals surface area (Å²) in [6, 6.07) is 15.1. The topological polar surface area (TPSA) is 51.2 Å². The Bertz CT molecular complexity index is 814. The molecule has 23 heavy (non-hydrogen) atoms. The predicted molar refractivity (Wildman–Crippen MR) is 94.1 cm³/mol. The molecule has 118 valence electrons. The molecule has 0 saturated carbocycles. The zero-order valence-electron chi connectivity index (χ0n) is 13.1. The van der Waals surface area contributed by atoms with Crippen molar-refractivity contribution in [2.75, 3.05) is 5.32 Å². The predicted octanol–water partition coefficient (Wildman–Crippen LogP) is 4.40. The Morgan fingerprint density at radius 3 is 2.78 bits per heavy atom. The first kappa shape index (κ1) is 15.5. The maximum atomic E-state index is 12.4. The van der Waals surface area contributed by atoms with E-state index >= 15 is 0 Å². The average Bonchev–Trinajstić information content (AvgIpc) is 2.92. The molecule has 3 rings (SSSR count). The van der Waals surface area contributed by atoms with Crippen LogP contribution >= 0.6 is 11.3 Å². The van der Waals surface area contributed by atoms with Crippen LogP contribution in [0.4, 0.5) is 5.69 Å². The van der Waals surface area contributed by atoms with Gasteiger partial charge in [0.2, 0.25) is 0 Å². The van der Waals surface area contributed by atoms with Crippen LogP contribution in [-0.2, 0) is 4.79 Å². The molecule has 4 nitrogen and oxygen atoms in total. The van der Waals surface area contributed by atoms with Crippen LogP contribution in [0.3, 0.4) is 0 Å². The standard InChI is InChI=1S/C18H18N2O2S/c1-3-16(22-14-7-5-4-6-8-14)18(21)20-13-9-10-15-17(11-13)23-12(2)19-15/h4-11,16H,3H2,1-2H3,(H,20,21)/t16-/m1/s1. The van der Waals surface area contributed by atoms with Gasteiger partial charge in [-0.1, -0.05) is 25.1 Å². The molecule has 1 amide bonds. The Hall–Kier alpha value is -2.40. The van der Waals surface area contributed by atoms with Crippen molar-refractivity contribution in [3.8, 4) is 5.75 Å². The molecule has 1 heterocycles. The van der Waals surface area contributed by atoms with Gasteiger partial charge in [-0.2, -0.15) is 0 Å². The zero-order chi connectivity index (χ0) is 16.2. The Balaban J connectivity index is 1.72. The van der Waals surface area contributed by atoms with E-state index in [1.54, 1.807) is 11.3 Å². The number of carbonyl (C=O) groups is 1. The summed E-state index contributed by atoms with van der Waals surface area (Å²) < 4.78 is 6.83. The molecule has 1 atom stereocenters. The van der Waals surface area contributed by atoms with Crippen LogP contribution in [0.2, 0.25) is 0 Å². The lowest BCUT2D eigenvalue weighted by Crippen LogP contribution is -2.32. The number of amides is 1. The van der Waals surface area contributed by atoms with Gasteiger partial charge in [-0.05, 0) is 43.7 Å². The number of nitrogens with one attached hydrogen (secondary N) is 1. The number of benzene rings is 2. The number of para-hydroxylation sites is 1. The fourth-order valence-corrected chi connectivity index (χ4v) is 3.19. The molecule has 1 aromatic heterocycles. The second kappa shape index (κ2) is 6.79. The molecule has 3 aromatic rings. The smallest absolute Gasteiger partial charge is 0.265 e. The molecule has 0 radical (unpaired) electrons. The van der Waals surface area contributed by atoms with Crippen molar-refractivity contribution in [1.29, 1.82) is 0 Å². The minimum absolute atomic E-state index is 0.142. The van der Waals surface area contributed by atoms with Gasteiger partial charge in [-0.15, -0.1) is 11.3 Å². The highest BCUT2D eigenvalue weighted by Gasteiger charge is 2.18. The Kier molecular flexibility index (Phi) is 4.57. The summed E-state index contributed by atoms with van der Waals surface area (Å²) in [6.45, 7) is 3.91. The van der Waals surface area contributed by atoms with E-state index in [0.717, 1.165) is 20.9 Å². The largest absolute Gasteiger partial charge is 0.481 e. The van der Waals surface area contributed by atoms with Crippen LogP contribution < -0.4 is 10.1 Å². The van der Waals surface area contributed by atoms with E-state index in [9.17, 15) is 4.79 Å². The highest BCUT2D eigenvalue weighted by molar-refractivity contribution is 7.18. The van der Waals surface area contributed by atoms with Crippen LogP contribution in [-0.4, -0.2) is 17.0 Å². The van der Waals surface area contributed by atoms with Crippen molar-refractivity contribution in [1.82, 2.24) is 4.98 Å². The summed E-state index contributed by atoms with van der Waals surface area (Å²) in [5.74, 6) is 0.556. The number of thiazole rings is 1. The molecule has 0 saturated heterocycles. The van der Waals surface area contributed by atoms with E-state index in [4.69, 9.17) is 4.74 Å². The number of anilines is 1. The second-order valence-electron chi connectivity index (χ2n) is 5.23. The number of aromatic nitrogens is 1. The van der Waals surface area contributed by atoms with Gasteiger partial charge in [0.25, 0.3) is 5.91 Å². The number of hydrogen-bond acceptors (Lipinski definition) is 4. The van der Waals surface area contributed by atoms with E-state index in [2.05, 4.69) is 10.3 Å². The highest BCUT2D eigenvalue weighted by Crippen LogP contribution is 2.25. The van der Waals surface area contributed by atoms with Crippen LogP contribution in [0.25, 0.3) is 10.2 Å². The third kappa shape index (κ3) is 3.68. The molecule has 0 bridgehead atoms. The molecule has 2 aromatic carbocycles. The quantitative estimate of drug-likeness (QED) is 0.756. The van der Waals surface area contributed by atoms with Crippen LogP contribution in [0.5, 0.6) is 5.75 Å². The molecule has 0 aliphatic rings. The van der Waals surface area contributed by atoms with Gasteiger partial charge in [0.15, 0.2) is 6.10 Å². The number of ether oxygens (including phenoxy) is 1. The number of carbonyl (C=O) groups excluding carboxylic acids is 1. The normalized spacial score (nSPS) is 12.1. The van der Waals surface area contributed by atoms with E-state index in [1.807, 2.05) is 62.4 Å². The molecular weight excluding hydrogens is 308 g/mol. The fourth-order valence-electron chi connectivity index (χ4n) is 2.33. The molecule has 0 aliphatic carbocycles. The summed E-state index contributed by atoms with van der Waals surface area (Å²) in [5, 5.41) is 3.95. The molecule has 0 fully saturated rings. The number of aryl methyl sites for hydroxylation is 1. The summed E-state index contributed by atoms with van der Waals surface area (Å²) >= 11 is 1.62. The van der Waals surface area contributed by atoms with Gasteiger partial charge < -0.3 is 10.1 Å². The van der Waals surface area contributed by atoms with Crippen molar-refractivity contribution in [2.45, 2.75) is 26.4 Å². The molecule has 1 N–H and O–H groups in total. The van der Waals surface area contributed by atoms with Crippen molar-refractivity contribution >= 4 is 33.1 Å². The highest BCUT2D eigenvalue weighted by atomic mass is 32.1. The number of fused-ring (bicyclic) bond motifs is 1. The van der Waals surface area contributed by atoms with Crippen molar-refractivity contribution < 1.29 is 9.53 Å². The van der Waals surface area contributed by atoms with Gasteiger partial charge in [-0.25, -0.2) is 4.98 Å². The van der Waals surface area contributed by atoms with E-state index in [0.29, 0.717) is 12.2 Å². The first-order valence-corrected chi connectivity index (χ1v) is 8.37. The van der Waals surface area contributed by atoms with Gasteiger partial charge in [0.05, 0.1) is 15.2 Å². The third-order valence-electron chi connectivity index (χ3n) is 3.45. The monoisotopic (exact) mass is 326 g/mol. The second-order valence-corrected chi connectivity index (χ2v) is 6.47. The first-order chi connectivity index (χ1) is 11.2. The minimum Gasteiger partial charge on any atom is -0.481 e. The number of rotatable bonds is 5. The lowest BCUT2D eigenvalue weighted by Gasteiger charge is -2.17. The van der Waals surface area contributed by atoms with Gasteiger partial charge >= 0.3 is 0 Å². The van der Waals surface area contributed by atoms with Gasteiger partial charge in [0.1, 0.15) is 5.75 Å². The number of hydrogen-bond donors (Lipinski definition) is 1. The Morgan fingerprint density at radius 1 is 1.26 bits per heavy atom. The fraction of sp³-hybridized carbons (Fsp3) is 0.222. The molecule has 0 unspecified atom stereocenters. The molecule has 0 aliphatic heterocycles. The van der Waals surface area contributed by atoms with Crippen molar-refractivity contribution in [3.05, 3.63) is 53.5 Å². The van der Waals surface area contributed by atoms with Crippen LogP contribution in [0.15, 0.2) is 48.5 Å². The third-order valence-corrected chi connectivity index (χ3v) is 4.38. The summed E-state index contributed by atoms with van der Waals surface area (Å²) in [5.41, 5.74) is 1.72. The molecular formula is C18H18N2O2S. The maximum Gasteiger partial charge on any atom is 0.265 e. The summed E-state index contributed by atoms with van der Waals surface area (Å²) in [4.78, 5) is 16.9. The Morgan fingerprint density at radius 2 is 2.04 bits per heavy atom. The van der Waals surface area contributed by atoms with Crippen LogP contribution in [0.1, 0.15) is 18.4 Å². The lowest BCUT2D eigenvalue weighted by molar-refractivity contribution is -0.122. The summed E-state index contributed by atoms with van der Waals surface area (Å²) in [6.07, 6.45) is 0.0825. The SMILES string of the molecule is CC[C@@H](Oc1ccccc1)C(=O)Nc1ccc2nc(C)sc2c1. The lowest BCUT2D eigenvalue weighted by atomic mass is 10.2. The maximum absolute atomic E-state index is 12.4. The van der Waals surface area contributed by atoms with Gasteiger partial charge in [-0.3, -0.25) is 4.79 Å². The Labute approximate surface area is 139 Å². The van der Waals surface area contributed by atoms with Crippen LogP contribution in [0, 0.1) is 6.92 Å². The van der Waals surface area contributed by atoms with Crippen molar-refractivity contribution in [2.24, 2.45) is 0 Å². The number of nitrogens with zero attached hydrogens (tertiary/aromatic N) is 1. The van der Waals surface area contributed by atoms with E-state index < -0.39 is 6.10 Å². The van der Waals surface area contributed by atoms with Crippen molar-refractivity contribution in [3.63, 3.8) is 0 Å². The minimum atomic E-state index is -0.517. The molecule has 5 heteroatoms. The summed E-state index contributed by atoms with van der Waals surface area (Å²) in [7, 11) is 0. The van der Waals surface area contributed by atoms with E-state index in [-0.39, 0.29) is 5.91 Å². The van der Waals surface area contributed by atoms with Gasteiger partial charge in [0, 0.05) is 5.69 Å². The zero-order valence-corrected chi connectivity index (χ0v) is 13.9. The molecule has 0 spiro atoms. The first-order valence-electron chi connectivity index (χ1n) is 7.55. The average molecular weight is 326 g/mol. The van der Waals surface area contributed by atoms with E-state index in [1.165, 1.54) is 0 Å².